The Labute approximate surface area is 190 Å². The van der Waals surface area contributed by atoms with Crippen LogP contribution in [-0.2, 0) is 16.6 Å². The second-order valence-electron chi connectivity index (χ2n) is 9.32. The van der Waals surface area contributed by atoms with E-state index in [9.17, 15) is 13.6 Å². The zero-order valence-corrected chi connectivity index (χ0v) is 19.1. The van der Waals surface area contributed by atoms with E-state index in [0.717, 1.165) is 65.4 Å². The summed E-state index contributed by atoms with van der Waals surface area (Å²) in [5, 5.41) is 3.84. The number of anilines is 2. The van der Waals surface area contributed by atoms with Gasteiger partial charge in [0.2, 0.25) is 5.91 Å². The van der Waals surface area contributed by atoms with E-state index >= 15 is 0 Å². The number of fused-ring (bicyclic) bond motifs is 2. The molecule has 0 atom stereocenters. The number of amides is 1. The van der Waals surface area contributed by atoms with Gasteiger partial charge in [-0.15, -0.1) is 0 Å². The Morgan fingerprint density at radius 3 is 2.66 bits per heavy atom. The van der Waals surface area contributed by atoms with Crippen molar-refractivity contribution in [3.05, 3.63) is 53.1 Å². The van der Waals surface area contributed by atoms with Gasteiger partial charge in [-0.3, -0.25) is 9.69 Å². The molecule has 168 valence electrons. The lowest BCUT2D eigenvalue weighted by Crippen LogP contribution is -2.47. The quantitative estimate of drug-likeness (QED) is 0.625. The van der Waals surface area contributed by atoms with Gasteiger partial charge in [-0.25, -0.2) is 8.78 Å². The maximum absolute atomic E-state index is 14.4. The second kappa shape index (κ2) is 8.08. The summed E-state index contributed by atoms with van der Waals surface area (Å²) < 4.78 is 33.6. The summed E-state index contributed by atoms with van der Waals surface area (Å²) in [7, 11) is 0. The van der Waals surface area contributed by atoms with Crippen molar-refractivity contribution >= 4 is 39.0 Å². The highest BCUT2D eigenvalue weighted by Gasteiger charge is 2.34. The number of carbonyl (C=O) groups is 1. The molecule has 2 aliphatic heterocycles. The third-order valence-electron chi connectivity index (χ3n) is 6.56. The van der Waals surface area contributed by atoms with Gasteiger partial charge in [0.1, 0.15) is 17.5 Å². The van der Waals surface area contributed by atoms with E-state index in [-0.39, 0.29) is 23.0 Å². The van der Waals surface area contributed by atoms with Crippen LogP contribution in [0.1, 0.15) is 31.4 Å². The predicted octanol–water partition coefficient (Wildman–Crippen LogP) is 4.56. The molecule has 0 radical (unpaired) electrons. The standard InChI is InChI=1S/C24H26F2N4OS/c1-24(2)14-21(31)27-22-15(11-17(26)13-19(22)24)5-6-29-7-9-30(10-8-29)23-18-12-16(25)3-4-20(18)32-28-23/h3-4,11-13H,5-10,14H2,1-2H3,(H,27,31). The molecule has 0 saturated carbocycles. The molecule has 0 aliphatic carbocycles. The smallest absolute Gasteiger partial charge is 0.225 e. The molecule has 1 saturated heterocycles. The van der Waals surface area contributed by atoms with Gasteiger partial charge in [0.05, 0.1) is 4.70 Å². The lowest BCUT2D eigenvalue weighted by atomic mass is 9.77. The number of rotatable bonds is 4. The van der Waals surface area contributed by atoms with Gasteiger partial charge in [-0.2, -0.15) is 4.37 Å². The molecule has 1 amide bonds. The predicted molar refractivity (Wildman–Crippen MR) is 125 cm³/mol. The minimum absolute atomic E-state index is 0.0177. The van der Waals surface area contributed by atoms with Crippen molar-refractivity contribution in [1.82, 2.24) is 9.27 Å². The molecule has 1 fully saturated rings. The van der Waals surface area contributed by atoms with E-state index in [0.29, 0.717) is 12.8 Å². The van der Waals surface area contributed by atoms with Crippen LogP contribution in [0.15, 0.2) is 30.3 Å². The fraction of sp³-hybridized carbons (Fsp3) is 0.417. The molecular formula is C24H26F2N4OS. The summed E-state index contributed by atoms with van der Waals surface area (Å²) in [4.78, 5) is 16.8. The first-order valence-electron chi connectivity index (χ1n) is 11.0. The van der Waals surface area contributed by atoms with Gasteiger partial charge in [0.25, 0.3) is 0 Å². The Morgan fingerprint density at radius 1 is 1.09 bits per heavy atom. The molecule has 3 aromatic rings. The highest BCUT2D eigenvalue weighted by atomic mass is 32.1. The van der Waals surface area contributed by atoms with Crippen LogP contribution in [0.4, 0.5) is 20.3 Å². The number of piperazine rings is 1. The van der Waals surface area contributed by atoms with Crippen LogP contribution >= 0.6 is 11.5 Å². The zero-order valence-electron chi connectivity index (χ0n) is 18.3. The van der Waals surface area contributed by atoms with E-state index in [2.05, 4.69) is 19.5 Å². The molecule has 0 unspecified atom stereocenters. The van der Waals surface area contributed by atoms with Crippen LogP contribution in [0, 0.1) is 11.6 Å². The van der Waals surface area contributed by atoms with Crippen molar-refractivity contribution in [3.8, 4) is 0 Å². The monoisotopic (exact) mass is 456 g/mol. The lowest BCUT2D eigenvalue weighted by Gasteiger charge is -2.36. The summed E-state index contributed by atoms with van der Waals surface area (Å²) in [6.07, 6.45) is 1.03. The highest BCUT2D eigenvalue weighted by molar-refractivity contribution is 7.13. The largest absolute Gasteiger partial charge is 0.353 e. The minimum Gasteiger partial charge on any atom is -0.353 e. The lowest BCUT2D eigenvalue weighted by molar-refractivity contribution is -0.117. The van der Waals surface area contributed by atoms with E-state index in [1.807, 2.05) is 13.8 Å². The van der Waals surface area contributed by atoms with Crippen molar-refractivity contribution in [2.75, 3.05) is 42.9 Å². The maximum Gasteiger partial charge on any atom is 0.225 e. The number of hydrogen-bond acceptors (Lipinski definition) is 5. The maximum atomic E-state index is 14.4. The van der Waals surface area contributed by atoms with Crippen molar-refractivity contribution in [2.24, 2.45) is 0 Å². The third kappa shape index (κ3) is 3.97. The summed E-state index contributed by atoms with van der Waals surface area (Å²) in [5.74, 6) is 0.339. The fourth-order valence-electron chi connectivity index (χ4n) is 4.81. The Balaban J connectivity index is 1.26. The number of carbonyl (C=O) groups excluding carboxylic acids is 1. The zero-order chi connectivity index (χ0) is 22.5. The first-order chi connectivity index (χ1) is 15.3. The molecule has 5 rings (SSSR count). The Morgan fingerprint density at radius 2 is 1.88 bits per heavy atom. The fourth-order valence-corrected chi connectivity index (χ4v) is 5.59. The summed E-state index contributed by atoms with van der Waals surface area (Å²) in [5.41, 5.74) is 2.13. The van der Waals surface area contributed by atoms with E-state index < -0.39 is 0 Å². The summed E-state index contributed by atoms with van der Waals surface area (Å²) in [6, 6.07) is 7.91. The van der Waals surface area contributed by atoms with E-state index in [4.69, 9.17) is 0 Å². The first kappa shape index (κ1) is 21.3. The number of nitrogens with zero attached hydrogens (tertiary/aromatic N) is 3. The molecule has 0 spiro atoms. The second-order valence-corrected chi connectivity index (χ2v) is 10.1. The molecule has 2 aromatic carbocycles. The Kier molecular flexibility index (Phi) is 5.37. The number of halogens is 2. The van der Waals surface area contributed by atoms with Gasteiger partial charge in [0, 0.05) is 55.6 Å². The van der Waals surface area contributed by atoms with Crippen LogP contribution in [-0.4, -0.2) is 47.9 Å². The highest BCUT2D eigenvalue weighted by Crippen LogP contribution is 2.40. The molecule has 0 bridgehead atoms. The SMILES string of the molecule is CC1(C)CC(=O)Nc2c(CCN3CCN(c4nsc5ccc(F)cc45)CC3)cc(F)cc21. The van der Waals surface area contributed by atoms with Crippen molar-refractivity contribution in [3.63, 3.8) is 0 Å². The van der Waals surface area contributed by atoms with E-state index in [1.54, 1.807) is 24.3 Å². The van der Waals surface area contributed by atoms with Crippen LogP contribution in [0.3, 0.4) is 0 Å². The van der Waals surface area contributed by atoms with Gasteiger partial charge < -0.3 is 10.2 Å². The molecule has 5 nitrogen and oxygen atoms in total. The van der Waals surface area contributed by atoms with Crippen LogP contribution in [0.5, 0.6) is 0 Å². The first-order valence-corrected chi connectivity index (χ1v) is 11.7. The number of benzene rings is 2. The van der Waals surface area contributed by atoms with Crippen LogP contribution in [0.2, 0.25) is 0 Å². The van der Waals surface area contributed by atoms with Gasteiger partial charge >= 0.3 is 0 Å². The van der Waals surface area contributed by atoms with Gasteiger partial charge in [-0.1, -0.05) is 13.8 Å². The summed E-state index contributed by atoms with van der Waals surface area (Å²) in [6.45, 7) is 8.07. The van der Waals surface area contributed by atoms with Gasteiger partial charge in [0.15, 0.2) is 0 Å². The number of hydrogen-bond donors (Lipinski definition) is 1. The van der Waals surface area contributed by atoms with Crippen LogP contribution < -0.4 is 10.2 Å². The number of aromatic nitrogens is 1. The normalized spacial score (nSPS) is 18.6. The summed E-state index contributed by atoms with van der Waals surface area (Å²) >= 11 is 1.40. The van der Waals surface area contributed by atoms with Crippen LogP contribution in [0.25, 0.3) is 10.1 Å². The Hall–Kier alpha value is -2.58. The third-order valence-corrected chi connectivity index (χ3v) is 7.38. The molecule has 2 aliphatic rings. The topological polar surface area (TPSA) is 48.5 Å². The molecule has 1 aromatic heterocycles. The Bertz CT molecular complexity index is 1180. The van der Waals surface area contributed by atoms with Gasteiger partial charge in [-0.05, 0) is 59.4 Å². The van der Waals surface area contributed by atoms with Crippen molar-refractivity contribution in [1.29, 1.82) is 0 Å². The van der Waals surface area contributed by atoms with Crippen molar-refractivity contribution < 1.29 is 13.6 Å². The molecule has 1 N–H and O–H groups in total. The molecule has 3 heterocycles. The minimum atomic E-state index is -0.379. The van der Waals surface area contributed by atoms with Crippen molar-refractivity contribution in [2.45, 2.75) is 32.1 Å². The molecule has 8 heteroatoms. The molecule has 32 heavy (non-hydrogen) atoms. The van der Waals surface area contributed by atoms with E-state index in [1.165, 1.54) is 17.6 Å². The number of nitrogens with one attached hydrogen (secondary N) is 1. The average Bonchev–Trinajstić information content (AvgIpc) is 3.16. The average molecular weight is 457 g/mol. The molecular weight excluding hydrogens is 430 g/mol.